The molecule has 0 radical (unpaired) electrons. The molecule has 0 aliphatic carbocycles. The number of alkyl halides is 2. The third-order valence-electron chi connectivity index (χ3n) is 3.29. The second-order valence-corrected chi connectivity index (χ2v) is 8.02. The zero-order valence-electron chi connectivity index (χ0n) is 12.1. The summed E-state index contributed by atoms with van der Waals surface area (Å²) < 4.78 is 50.2. The molecule has 128 valence electrons. The van der Waals surface area contributed by atoms with Gasteiger partial charge in [-0.05, 0) is 35.4 Å². The first kappa shape index (κ1) is 18.8. The molecule has 2 aromatic carbocycles. The van der Waals surface area contributed by atoms with Crippen molar-refractivity contribution in [3.05, 3.63) is 69.7 Å². The van der Waals surface area contributed by atoms with Gasteiger partial charge in [0.1, 0.15) is 11.0 Å². The van der Waals surface area contributed by atoms with Crippen molar-refractivity contribution in [2.24, 2.45) is 0 Å². The highest BCUT2D eigenvalue weighted by Gasteiger charge is 2.33. The lowest BCUT2D eigenvalue weighted by molar-refractivity contribution is -0.126. The van der Waals surface area contributed by atoms with Crippen LogP contribution < -0.4 is 0 Å². The molecule has 2 aromatic rings. The first-order chi connectivity index (χ1) is 11.2. The van der Waals surface area contributed by atoms with Crippen LogP contribution in [-0.4, -0.2) is 26.4 Å². The highest BCUT2D eigenvalue weighted by atomic mass is 35.5. The van der Waals surface area contributed by atoms with Crippen LogP contribution in [0, 0.1) is 0 Å². The van der Waals surface area contributed by atoms with E-state index in [2.05, 4.69) is 0 Å². The van der Waals surface area contributed by atoms with Gasteiger partial charge in [0.25, 0.3) is 6.43 Å². The number of halogens is 4. The molecule has 0 amide bonds. The monoisotopic (exact) mass is 392 g/mol. The van der Waals surface area contributed by atoms with Crippen LogP contribution in [0.2, 0.25) is 10.0 Å². The fourth-order valence-electron chi connectivity index (χ4n) is 2.23. The van der Waals surface area contributed by atoms with E-state index in [0.29, 0.717) is 21.2 Å². The molecular formula is C16H12Cl2F2O3S. The molecule has 8 heteroatoms. The summed E-state index contributed by atoms with van der Waals surface area (Å²) >= 11 is 11.6. The van der Waals surface area contributed by atoms with Crippen molar-refractivity contribution in [1.82, 2.24) is 0 Å². The second-order valence-electron chi connectivity index (χ2n) is 5.06. The zero-order chi connectivity index (χ0) is 17.9. The standard InChI is InChI=1S/C16H12Cl2F2O3S/c17-12-5-1-10(2-6-12)15(11-3-7-13(18)8-4-11)24(22,23)9-14(21)16(19)20/h1-8,15-16H,9H2. The van der Waals surface area contributed by atoms with Gasteiger partial charge in [0.05, 0.1) is 0 Å². The highest BCUT2D eigenvalue weighted by molar-refractivity contribution is 7.92. The van der Waals surface area contributed by atoms with Crippen LogP contribution in [0.3, 0.4) is 0 Å². The van der Waals surface area contributed by atoms with Crippen molar-refractivity contribution >= 4 is 38.8 Å². The molecule has 0 bridgehead atoms. The minimum absolute atomic E-state index is 0.323. The molecule has 0 spiro atoms. The number of benzene rings is 2. The van der Waals surface area contributed by atoms with Crippen LogP contribution in [0.4, 0.5) is 8.78 Å². The summed E-state index contributed by atoms with van der Waals surface area (Å²) in [6.07, 6.45) is -3.34. The average molecular weight is 393 g/mol. The van der Waals surface area contributed by atoms with E-state index in [1.54, 1.807) is 0 Å². The largest absolute Gasteiger partial charge is 0.297 e. The maximum atomic E-state index is 12.6. The Labute approximate surface area is 148 Å². The number of carbonyl (C=O) groups excluding carboxylic acids is 1. The average Bonchev–Trinajstić information content (AvgIpc) is 2.50. The van der Waals surface area contributed by atoms with Crippen LogP contribution in [0.5, 0.6) is 0 Å². The Bertz CT molecular complexity index is 774. The summed E-state index contributed by atoms with van der Waals surface area (Å²) in [7, 11) is -4.21. The van der Waals surface area contributed by atoms with Gasteiger partial charge < -0.3 is 0 Å². The van der Waals surface area contributed by atoms with E-state index in [1.807, 2.05) is 0 Å². The molecular weight excluding hydrogens is 381 g/mol. The zero-order valence-corrected chi connectivity index (χ0v) is 14.5. The van der Waals surface area contributed by atoms with E-state index in [1.165, 1.54) is 48.5 Å². The van der Waals surface area contributed by atoms with E-state index in [0.717, 1.165) is 0 Å². The highest BCUT2D eigenvalue weighted by Crippen LogP contribution is 2.32. The SMILES string of the molecule is O=C(CS(=O)(=O)C(c1ccc(Cl)cc1)c1ccc(Cl)cc1)C(F)F. The van der Waals surface area contributed by atoms with Crippen LogP contribution in [0.15, 0.2) is 48.5 Å². The van der Waals surface area contributed by atoms with Gasteiger partial charge in [-0.25, -0.2) is 17.2 Å². The first-order valence-electron chi connectivity index (χ1n) is 6.74. The molecule has 0 N–H and O–H groups in total. The second kappa shape index (κ2) is 7.59. The molecule has 0 heterocycles. The van der Waals surface area contributed by atoms with Crippen molar-refractivity contribution in [3.63, 3.8) is 0 Å². The van der Waals surface area contributed by atoms with Crippen LogP contribution >= 0.6 is 23.2 Å². The van der Waals surface area contributed by atoms with Crippen LogP contribution in [0.25, 0.3) is 0 Å². The fraction of sp³-hybridized carbons (Fsp3) is 0.188. The molecule has 0 unspecified atom stereocenters. The summed E-state index contributed by atoms with van der Waals surface area (Å²) in [5.74, 6) is -2.89. The number of ketones is 1. The lowest BCUT2D eigenvalue weighted by Gasteiger charge is -2.18. The minimum Gasteiger partial charge on any atom is -0.292 e. The quantitative estimate of drug-likeness (QED) is 0.734. The lowest BCUT2D eigenvalue weighted by Crippen LogP contribution is -2.27. The van der Waals surface area contributed by atoms with Gasteiger partial charge in [-0.1, -0.05) is 47.5 Å². The van der Waals surface area contributed by atoms with Gasteiger partial charge in [0, 0.05) is 10.0 Å². The number of carbonyl (C=O) groups is 1. The number of hydrogen-bond acceptors (Lipinski definition) is 3. The maximum Gasteiger partial charge on any atom is 0.297 e. The van der Waals surface area contributed by atoms with Crippen molar-refractivity contribution in [2.45, 2.75) is 11.7 Å². The Hall–Kier alpha value is -1.50. The van der Waals surface area contributed by atoms with E-state index in [-0.39, 0.29) is 0 Å². The molecule has 0 saturated carbocycles. The molecule has 0 aromatic heterocycles. The van der Waals surface area contributed by atoms with E-state index < -0.39 is 33.0 Å². The molecule has 0 saturated heterocycles. The normalized spacial score (nSPS) is 11.9. The third kappa shape index (κ3) is 4.53. The molecule has 3 nitrogen and oxygen atoms in total. The lowest BCUT2D eigenvalue weighted by atomic mass is 10.0. The van der Waals surface area contributed by atoms with E-state index >= 15 is 0 Å². The molecule has 24 heavy (non-hydrogen) atoms. The first-order valence-corrected chi connectivity index (χ1v) is 9.21. The van der Waals surface area contributed by atoms with E-state index in [4.69, 9.17) is 23.2 Å². The molecule has 0 aliphatic rings. The van der Waals surface area contributed by atoms with Crippen LogP contribution in [0.1, 0.15) is 16.4 Å². The van der Waals surface area contributed by atoms with Gasteiger partial charge in [0.2, 0.25) is 5.78 Å². The number of hydrogen-bond donors (Lipinski definition) is 0. The summed E-state index contributed by atoms with van der Waals surface area (Å²) in [4.78, 5) is 11.3. The Morgan fingerprint density at radius 3 is 1.58 bits per heavy atom. The molecule has 2 rings (SSSR count). The van der Waals surface area contributed by atoms with Crippen molar-refractivity contribution in [1.29, 1.82) is 0 Å². The summed E-state index contributed by atoms with van der Waals surface area (Å²) in [5.41, 5.74) is 0.646. The summed E-state index contributed by atoms with van der Waals surface area (Å²) in [6, 6.07) is 11.9. The Morgan fingerprint density at radius 1 is 0.875 bits per heavy atom. The topological polar surface area (TPSA) is 51.2 Å². The summed E-state index contributed by atoms with van der Waals surface area (Å²) in [6.45, 7) is 0. The molecule has 0 atom stereocenters. The van der Waals surface area contributed by atoms with Crippen LogP contribution in [-0.2, 0) is 14.6 Å². The van der Waals surface area contributed by atoms with Gasteiger partial charge in [-0.15, -0.1) is 0 Å². The number of rotatable bonds is 6. The number of sulfone groups is 1. The Kier molecular flexibility index (Phi) is 5.96. The summed E-state index contributed by atoms with van der Waals surface area (Å²) in [5, 5.41) is -0.473. The van der Waals surface area contributed by atoms with Gasteiger partial charge in [-0.3, -0.25) is 4.79 Å². The third-order valence-corrected chi connectivity index (χ3v) is 5.74. The fourth-order valence-corrected chi connectivity index (χ4v) is 4.31. The van der Waals surface area contributed by atoms with Gasteiger partial charge in [0.15, 0.2) is 9.84 Å². The smallest absolute Gasteiger partial charge is 0.292 e. The van der Waals surface area contributed by atoms with Gasteiger partial charge in [-0.2, -0.15) is 0 Å². The Morgan fingerprint density at radius 2 is 1.25 bits per heavy atom. The molecule has 0 fully saturated rings. The van der Waals surface area contributed by atoms with Gasteiger partial charge >= 0.3 is 0 Å². The predicted molar refractivity (Wildman–Crippen MR) is 89.5 cm³/mol. The molecule has 0 aliphatic heterocycles. The minimum atomic E-state index is -4.21. The van der Waals surface area contributed by atoms with Crippen molar-refractivity contribution < 1.29 is 22.0 Å². The maximum absolute atomic E-state index is 12.6. The van der Waals surface area contributed by atoms with E-state index in [9.17, 15) is 22.0 Å². The predicted octanol–water partition coefficient (Wildman–Crippen LogP) is 4.33. The van der Waals surface area contributed by atoms with Crippen molar-refractivity contribution in [2.75, 3.05) is 5.75 Å². The number of Topliss-reactive ketones (excluding diaryl/α,β-unsaturated/α-hetero) is 1. The Balaban J connectivity index is 2.52. The van der Waals surface area contributed by atoms with Crippen molar-refractivity contribution in [3.8, 4) is 0 Å².